The van der Waals surface area contributed by atoms with Crippen LogP contribution in [0.1, 0.15) is 13.8 Å². The molecule has 0 aliphatic heterocycles. The maximum Gasteiger partial charge on any atom is 0.380 e. The second-order valence-electron chi connectivity index (χ2n) is 1.93. The Morgan fingerprint density at radius 3 is 1.14 bits per heavy atom. The summed E-state index contributed by atoms with van der Waals surface area (Å²) in [5.41, 5.74) is 0. The highest BCUT2D eigenvalue weighted by molar-refractivity contribution is 8.43. The van der Waals surface area contributed by atoms with Gasteiger partial charge in [0.2, 0.25) is 0 Å². The van der Waals surface area contributed by atoms with Crippen molar-refractivity contribution in [2.75, 3.05) is 0 Å². The Labute approximate surface area is 91.4 Å². The van der Waals surface area contributed by atoms with E-state index < -0.39 is 13.5 Å². The van der Waals surface area contributed by atoms with Gasteiger partial charge in [0.15, 0.2) is 0 Å². The summed E-state index contributed by atoms with van der Waals surface area (Å²) in [7, 11) is 0. The predicted molar refractivity (Wildman–Crippen MR) is 58.3 cm³/mol. The lowest BCUT2D eigenvalue weighted by molar-refractivity contribution is -0.115. The van der Waals surface area contributed by atoms with E-state index in [0.717, 1.165) is 0 Å². The molecule has 0 bridgehead atoms. The molecule has 5 N–H and O–H groups in total. The summed E-state index contributed by atoms with van der Waals surface area (Å²) in [6.45, 7) is -4.69. The lowest BCUT2D eigenvalue weighted by Crippen LogP contribution is -1.69. The van der Waals surface area contributed by atoms with Gasteiger partial charge in [-0.3, -0.25) is 0 Å². The first-order chi connectivity index (χ1) is 5.73. The average Bonchev–Trinajstić information content (AvgIpc) is 1.45. The molecule has 14 heavy (non-hydrogen) atoms. The maximum absolute atomic E-state index is 9.44. The van der Waals surface area contributed by atoms with E-state index in [1.54, 1.807) is 0 Å². The summed E-state index contributed by atoms with van der Waals surface area (Å²) in [5.74, 6) is 0.167. The standard InChI is InChI=1S/C3H6O.2H3O3PS/c1-3(2)4;2*1-4(2,3)5/h1-2H3;2*(H3,1,2,3,5). The number of hydrogen-bond donors (Lipinski definition) is 6. The third-order valence-electron chi connectivity index (χ3n) is 0. The lowest BCUT2D eigenvalue weighted by atomic mass is 10.6. The molecule has 0 aromatic heterocycles. The van der Waals surface area contributed by atoms with Gasteiger partial charge in [-0.05, 0) is 25.7 Å². The van der Waals surface area contributed by atoms with Crippen LogP contribution >= 0.6 is 25.8 Å². The van der Waals surface area contributed by atoms with Crippen molar-refractivity contribution in [1.29, 1.82) is 0 Å². The Hall–Kier alpha value is 0.700. The van der Waals surface area contributed by atoms with Gasteiger partial charge in [0.05, 0.1) is 0 Å². The van der Waals surface area contributed by atoms with Crippen molar-refractivity contribution in [1.82, 2.24) is 0 Å². The van der Waals surface area contributed by atoms with E-state index in [-0.39, 0.29) is 5.78 Å². The molecule has 0 radical (unpaired) electrons. The van der Waals surface area contributed by atoms with Crippen molar-refractivity contribution < 1.29 is 33.8 Å². The molecule has 0 spiro atoms. The van der Waals surface area contributed by atoms with Crippen LogP contribution in [-0.2, 0) is 21.2 Å². The molecule has 11 heteroatoms. The number of rotatable bonds is 0. The molecule has 0 heterocycles. The number of carbonyl (C=O) groups excluding carboxylic acids is 1. The molecule has 0 aromatic rings. The zero-order chi connectivity index (χ0) is 12.6. The van der Waals surface area contributed by atoms with Crippen molar-refractivity contribution in [2.45, 2.75) is 13.8 Å². The Bertz CT molecular complexity index is 201. The Morgan fingerprint density at radius 2 is 1.14 bits per heavy atom. The Balaban J connectivity index is -0.000000131. The van der Waals surface area contributed by atoms with Crippen molar-refractivity contribution >= 4 is 43.4 Å². The van der Waals surface area contributed by atoms with Gasteiger partial charge < -0.3 is 29.3 Å². The molecule has 0 rings (SSSR count). The molecule has 0 atom stereocenters. The molecule has 7 nitrogen and oxygen atoms in total. The van der Waals surface area contributed by atoms with Crippen molar-refractivity contribution in [3.8, 4) is 0 Å². The first kappa shape index (κ1) is 20.2. The fourth-order valence-electron chi connectivity index (χ4n) is 0. The number of thiol groups is 1. The van der Waals surface area contributed by atoms with Crippen LogP contribution in [0.4, 0.5) is 0 Å². The predicted octanol–water partition coefficient (Wildman–Crippen LogP) is -0.208. The molecule has 0 aliphatic carbocycles. The highest BCUT2D eigenvalue weighted by Crippen LogP contribution is 2.39. The molecule has 0 aromatic carbocycles. The van der Waals surface area contributed by atoms with Crippen molar-refractivity contribution in [3.63, 3.8) is 0 Å². The molecule has 0 unspecified atom stereocenters. The van der Waals surface area contributed by atoms with Crippen LogP contribution in [0.15, 0.2) is 0 Å². The number of carbonyl (C=O) groups is 1. The van der Waals surface area contributed by atoms with Crippen LogP contribution in [0.25, 0.3) is 0 Å². The fourth-order valence-corrected chi connectivity index (χ4v) is 0. The normalized spacial score (nSPS) is 10.3. The molecule has 0 aliphatic rings. The highest BCUT2D eigenvalue weighted by Gasteiger charge is 1.97. The quantitative estimate of drug-likeness (QED) is 0.266. The molecular formula is C3H12O7P2S2. The van der Waals surface area contributed by atoms with Gasteiger partial charge in [-0.1, -0.05) is 12.2 Å². The minimum atomic E-state index is -3.94. The molecule has 0 saturated heterocycles. The summed E-state index contributed by atoms with van der Waals surface area (Å²) in [5, 5.41) is 0. The van der Waals surface area contributed by atoms with E-state index in [4.69, 9.17) is 24.5 Å². The largest absolute Gasteiger partial charge is 0.380 e. The van der Waals surface area contributed by atoms with Gasteiger partial charge in [-0.2, -0.15) is 0 Å². The number of ketones is 1. The fraction of sp³-hybridized carbons (Fsp3) is 0.667. The zero-order valence-corrected chi connectivity index (χ0v) is 10.8. The monoisotopic (exact) mass is 286 g/mol. The number of Topliss-reactive ketones (excluding diaryl/α,β-unsaturated/α-hetero) is 1. The van der Waals surface area contributed by atoms with Gasteiger partial charge in [0.1, 0.15) is 5.78 Å². The summed E-state index contributed by atoms with van der Waals surface area (Å²) >= 11 is 6.39. The van der Waals surface area contributed by atoms with E-state index >= 15 is 0 Å². The van der Waals surface area contributed by atoms with Gasteiger partial charge in [-0.15, -0.1) is 0 Å². The summed E-state index contributed by atoms with van der Waals surface area (Å²) < 4.78 is 9.19. The smallest absolute Gasteiger partial charge is 0.325 e. The Kier molecular flexibility index (Phi) is 12.9. The van der Waals surface area contributed by atoms with Gasteiger partial charge in [-0.25, -0.2) is 4.57 Å². The molecule has 0 amide bonds. The van der Waals surface area contributed by atoms with Crippen LogP contribution in [0.2, 0.25) is 0 Å². The van der Waals surface area contributed by atoms with Crippen LogP contribution in [0.5, 0.6) is 0 Å². The van der Waals surface area contributed by atoms with Crippen LogP contribution in [0.3, 0.4) is 0 Å². The SMILES string of the molecule is CC(C)=O.O=P(O)(O)S.OP(O)(O)=S. The van der Waals surface area contributed by atoms with Crippen LogP contribution < -0.4 is 0 Å². The van der Waals surface area contributed by atoms with Gasteiger partial charge in [0.25, 0.3) is 0 Å². The highest BCUT2D eigenvalue weighted by atomic mass is 32.7. The van der Waals surface area contributed by atoms with Crippen molar-refractivity contribution in [3.05, 3.63) is 0 Å². The molecule has 88 valence electrons. The molecule has 0 fully saturated rings. The molecular weight excluding hydrogens is 274 g/mol. The van der Waals surface area contributed by atoms with E-state index in [1.807, 2.05) is 0 Å². The van der Waals surface area contributed by atoms with E-state index in [9.17, 15) is 9.36 Å². The van der Waals surface area contributed by atoms with E-state index in [0.29, 0.717) is 0 Å². The second kappa shape index (κ2) is 8.96. The lowest BCUT2D eigenvalue weighted by Gasteiger charge is -1.88. The molecule has 0 saturated carbocycles. The summed E-state index contributed by atoms with van der Waals surface area (Å²) in [6.07, 6.45) is 0. The maximum atomic E-state index is 9.44. The minimum absolute atomic E-state index is 0.167. The van der Waals surface area contributed by atoms with Gasteiger partial charge in [0, 0.05) is 0 Å². The van der Waals surface area contributed by atoms with Gasteiger partial charge >= 0.3 is 13.5 Å². The van der Waals surface area contributed by atoms with Crippen molar-refractivity contribution in [2.24, 2.45) is 0 Å². The first-order valence-corrected chi connectivity index (χ1v) is 8.20. The summed E-state index contributed by atoms with van der Waals surface area (Å²) in [4.78, 5) is 47.1. The Morgan fingerprint density at radius 1 is 1.14 bits per heavy atom. The average molecular weight is 286 g/mol. The minimum Gasteiger partial charge on any atom is -0.325 e. The van der Waals surface area contributed by atoms with Crippen LogP contribution in [-0.4, -0.2) is 30.3 Å². The first-order valence-electron chi connectivity index (χ1n) is 2.77. The number of hydrogen-bond acceptors (Lipinski definition) is 3. The van der Waals surface area contributed by atoms with E-state index in [2.05, 4.69) is 24.1 Å². The third-order valence-corrected chi connectivity index (χ3v) is 0. The summed E-state index contributed by atoms with van der Waals surface area (Å²) in [6, 6.07) is 0. The topological polar surface area (TPSA) is 135 Å². The van der Waals surface area contributed by atoms with Crippen LogP contribution in [0, 0.1) is 0 Å². The second-order valence-corrected chi connectivity index (χ2v) is 7.02. The third kappa shape index (κ3) is 3550. The zero-order valence-electron chi connectivity index (χ0n) is 7.30. The van der Waals surface area contributed by atoms with E-state index in [1.165, 1.54) is 13.8 Å².